The molecule has 2 aromatic carbocycles. The van der Waals surface area contributed by atoms with Crippen LogP contribution in [0.1, 0.15) is 25.0 Å². The third-order valence-electron chi connectivity index (χ3n) is 4.50. The van der Waals surface area contributed by atoms with Crippen molar-refractivity contribution in [2.45, 2.75) is 19.3 Å². The van der Waals surface area contributed by atoms with E-state index in [0.29, 0.717) is 0 Å². The maximum absolute atomic E-state index is 4.54. The van der Waals surface area contributed by atoms with Crippen LogP contribution in [0.2, 0.25) is 0 Å². The molecule has 0 saturated carbocycles. The molecule has 1 heterocycles. The van der Waals surface area contributed by atoms with E-state index in [1.165, 1.54) is 10.9 Å². The molecule has 120 valence electrons. The number of allylic oxidation sites excluding steroid dienone is 1. The molecule has 3 aromatic rings. The number of hydrogen-bond donors (Lipinski definition) is 0. The van der Waals surface area contributed by atoms with Gasteiger partial charge in [0.25, 0.3) is 0 Å². The largest absolute Gasteiger partial charge is 0.292 e. The quantitative estimate of drug-likeness (QED) is 0.600. The second kappa shape index (κ2) is 6.79. The summed E-state index contributed by atoms with van der Waals surface area (Å²) < 4.78 is 0. The number of nitrogens with zero attached hydrogens (tertiary/aromatic N) is 2. The van der Waals surface area contributed by atoms with E-state index in [-0.39, 0.29) is 5.41 Å². The predicted octanol–water partition coefficient (Wildman–Crippen LogP) is 5.30. The highest BCUT2D eigenvalue weighted by molar-refractivity contribution is 6.06. The first kappa shape index (κ1) is 16.1. The van der Waals surface area contributed by atoms with Crippen molar-refractivity contribution in [3.05, 3.63) is 84.2 Å². The number of fused-ring (bicyclic) bond motifs is 1. The van der Waals surface area contributed by atoms with E-state index in [1.807, 2.05) is 31.6 Å². The van der Waals surface area contributed by atoms with Crippen molar-refractivity contribution in [1.82, 2.24) is 4.98 Å². The molecule has 1 aromatic heterocycles. The summed E-state index contributed by atoms with van der Waals surface area (Å²) in [4.78, 5) is 8.89. The predicted molar refractivity (Wildman–Crippen MR) is 104 cm³/mol. The van der Waals surface area contributed by atoms with Crippen LogP contribution in [0.5, 0.6) is 0 Å². The number of aliphatic imine (C=N–C) groups is 1. The van der Waals surface area contributed by atoms with Gasteiger partial charge >= 0.3 is 0 Å². The molecule has 0 aliphatic heterocycles. The second-order valence-electron chi connectivity index (χ2n) is 6.38. The highest BCUT2D eigenvalue weighted by atomic mass is 14.7. The molecule has 0 saturated heterocycles. The van der Waals surface area contributed by atoms with Gasteiger partial charge in [-0.2, -0.15) is 0 Å². The van der Waals surface area contributed by atoms with Crippen LogP contribution in [0.3, 0.4) is 0 Å². The smallest absolute Gasteiger partial charge is 0.0445 e. The lowest BCUT2D eigenvalue weighted by Crippen LogP contribution is -2.27. The zero-order valence-electron chi connectivity index (χ0n) is 14.4. The van der Waals surface area contributed by atoms with Gasteiger partial charge in [-0.1, -0.05) is 74.5 Å². The van der Waals surface area contributed by atoms with Gasteiger partial charge < -0.3 is 0 Å². The number of hydrogen-bond acceptors (Lipinski definition) is 2. The first-order chi connectivity index (χ1) is 11.6. The molecule has 0 atom stereocenters. The van der Waals surface area contributed by atoms with Crippen molar-refractivity contribution in [3.8, 4) is 0 Å². The molecule has 0 radical (unpaired) electrons. The zero-order valence-corrected chi connectivity index (χ0v) is 14.4. The minimum absolute atomic E-state index is 0.148. The molecular formula is C22H22N2. The fourth-order valence-electron chi connectivity index (χ4n) is 3.01. The first-order valence-electron chi connectivity index (χ1n) is 8.16. The van der Waals surface area contributed by atoms with Crippen molar-refractivity contribution in [2.24, 2.45) is 4.99 Å². The van der Waals surface area contributed by atoms with E-state index in [1.54, 1.807) is 0 Å². The van der Waals surface area contributed by atoms with Gasteiger partial charge in [0.2, 0.25) is 0 Å². The molecule has 0 aliphatic carbocycles. The molecule has 2 nitrogen and oxygen atoms in total. The van der Waals surface area contributed by atoms with Crippen LogP contribution in [0.25, 0.3) is 16.8 Å². The third-order valence-corrected chi connectivity index (χ3v) is 4.50. The van der Waals surface area contributed by atoms with E-state index in [0.717, 1.165) is 16.7 Å². The van der Waals surface area contributed by atoms with E-state index >= 15 is 0 Å². The van der Waals surface area contributed by atoms with Gasteiger partial charge in [-0.3, -0.25) is 9.98 Å². The lowest BCUT2D eigenvalue weighted by atomic mass is 9.79. The highest BCUT2D eigenvalue weighted by Gasteiger charge is 2.24. The van der Waals surface area contributed by atoms with Crippen molar-refractivity contribution in [3.63, 3.8) is 0 Å². The first-order valence-corrected chi connectivity index (χ1v) is 8.16. The Hall–Kier alpha value is -2.74. The lowest BCUT2D eigenvalue weighted by Gasteiger charge is -2.25. The standard InChI is InChI=1S/C22H22N2/c1-22(2,19-10-5-4-6-11-19)21(23-3)14-13-18-16-24-15-17-9-7-8-12-20(17)18/h4-16H,1-3H3/b14-13+,23-21+. The number of pyridine rings is 1. The summed E-state index contributed by atoms with van der Waals surface area (Å²) in [5.41, 5.74) is 3.26. The fourth-order valence-corrected chi connectivity index (χ4v) is 3.01. The summed E-state index contributed by atoms with van der Waals surface area (Å²) in [6.07, 6.45) is 8.02. The van der Waals surface area contributed by atoms with Gasteiger partial charge in [-0.05, 0) is 17.0 Å². The van der Waals surface area contributed by atoms with Gasteiger partial charge in [0.1, 0.15) is 0 Å². The van der Waals surface area contributed by atoms with Crippen LogP contribution in [0, 0.1) is 0 Å². The monoisotopic (exact) mass is 314 g/mol. The van der Waals surface area contributed by atoms with Crippen molar-refractivity contribution >= 4 is 22.6 Å². The second-order valence-corrected chi connectivity index (χ2v) is 6.38. The highest BCUT2D eigenvalue weighted by Crippen LogP contribution is 2.26. The maximum atomic E-state index is 4.54. The van der Waals surface area contributed by atoms with Crippen molar-refractivity contribution in [1.29, 1.82) is 0 Å². The zero-order chi connectivity index (χ0) is 17.0. The number of aromatic nitrogens is 1. The van der Waals surface area contributed by atoms with E-state index in [2.05, 4.69) is 78.4 Å². The van der Waals surface area contributed by atoms with Gasteiger partial charge in [0.05, 0.1) is 0 Å². The Kier molecular flexibility index (Phi) is 4.57. The Bertz CT molecular complexity index is 885. The SMILES string of the molecule is C/N=C(\C=C\c1cncc2ccccc12)C(C)(C)c1ccccc1. The van der Waals surface area contributed by atoms with Crippen molar-refractivity contribution in [2.75, 3.05) is 7.05 Å². The summed E-state index contributed by atoms with van der Waals surface area (Å²) in [6.45, 7) is 4.41. The van der Waals surface area contributed by atoms with Gasteiger partial charge in [0.15, 0.2) is 0 Å². The summed E-state index contributed by atoms with van der Waals surface area (Å²) in [6, 6.07) is 18.8. The van der Waals surface area contributed by atoms with Crippen LogP contribution < -0.4 is 0 Å². The number of rotatable bonds is 4. The van der Waals surface area contributed by atoms with Crippen LogP contribution in [-0.4, -0.2) is 17.7 Å². The molecule has 0 aliphatic rings. The molecule has 0 N–H and O–H groups in total. The molecule has 0 unspecified atom stereocenters. The molecule has 2 heteroatoms. The Balaban J connectivity index is 1.97. The van der Waals surface area contributed by atoms with Crippen LogP contribution in [-0.2, 0) is 5.41 Å². The Labute approximate surface area is 143 Å². The minimum Gasteiger partial charge on any atom is -0.292 e. The van der Waals surface area contributed by atoms with Crippen LogP contribution >= 0.6 is 0 Å². The molecule has 0 amide bonds. The molecule has 3 rings (SSSR count). The summed E-state index contributed by atoms with van der Waals surface area (Å²) in [5.74, 6) is 0. The minimum atomic E-state index is -0.148. The van der Waals surface area contributed by atoms with E-state index in [9.17, 15) is 0 Å². The summed E-state index contributed by atoms with van der Waals surface area (Å²) in [5, 5.41) is 2.36. The Morgan fingerprint density at radius 3 is 2.42 bits per heavy atom. The summed E-state index contributed by atoms with van der Waals surface area (Å²) in [7, 11) is 1.85. The molecule has 0 fully saturated rings. The summed E-state index contributed by atoms with van der Waals surface area (Å²) >= 11 is 0. The topological polar surface area (TPSA) is 25.2 Å². The lowest BCUT2D eigenvalue weighted by molar-refractivity contribution is 0.719. The Morgan fingerprint density at radius 2 is 1.67 bits per heavy atom. The molecule has 0 bridgehead atoms. The number of benzene rings is 2. The average molecular weight is 314 g/mol. The van der Waals surface area contributed by atoms with Crippen molar-refractivity contribution < 1.29 is 0 Å². The Morgan fingerprint density at radius 1 is 0.958 bits per heavy atom. The normalized spacial score (nSPS) is 12.9. The molecular weight excluding hydrogens is 292 g/mol. The third kappa shape index (κ3) is 3.13. The maximum Gasteiger partial charge on any atom is 0.0445 e. The average Bonchev–Trinajstić information content (AvgIpc) is 2.63. The van der Waals surface area contributed by atoms with Gasteiger partial charge in [-0.25, -0.2) is 0 Å². The van der Waals surface area contributed by atoms with E-state index < -0.39 is 0 Å². The van der Waals surface area contributed by atoms with Gasteiger partial charge in [0, 0.05) is 41.5 Å². The van der Waals surface area contributed by atoms with Crippen LogP contribution in [0.15, 0.2) is 78.1 Å². The fraction of sp³-hybridized carbons (Fsp3) is 0.182. The van der Waals surface area contributed by atoms with Gasteiger partial charge in [-0.15, -0.1) is 0 Å². The van der Waals surface area contributed by atoms with Crippen LogP contribution in [0.4, 0.5) is 0 Å². The molecule has 0 spiro atoms. The van der Waals surface area contributed by atoms with E-state index in [4.69, 9.17) is 0 Å². The molecule has 24 heavy (non-hydrogen) atoms.